The second-order valence-corrected chi connectivity index (χ2v) is 11.4. The van der Waals surface area contributed by atoms with E-state index in [1.165, 1.54) is 24.6 Å². The van der Waals surface area contributed by atoms with Gasteiger partial charge in [-0.05, 0) is 6.42 Å². The van der Waals surface area contributed by atoms with Gasteiger partial charge in [0.2, 0.25) is 11.8 Å². The van der Waals surface area contributed by atoms with Crippen LogP contribution in [-0.2, 0) is 19.2 Å². The minimum Gasteiger partial charge on any atom is -0.480 e. The maximum absolute atomic E-state index is 11.1. The van der Waals surface area contributed by atoms with Crippen molar-refractivity contribution in [3.05, 3.63) is 0 Å². The van der Waals surface area contributed by atoms with E-state index in [1.807, 2.05) is 0 Å². The lowest BCUT2D eigenvalue weighted by molar-refractivity contribution is -0.140. The summed E-state index contributed by atoms with van der Waals surface area (Å²) in [6.45, 7) is 4.84. The first kappa shape index (κ1) is 27.5. The van der Waals surface area contributed by atoms with Crippen molar-refractivity contribution in [3.63, 3.8) is 0 Å². The van der Waals surface area contributed by atoms with Crippen LogP contribution in [0.25, 0.3) is 0 Å². The molecule has 0 aliphatic carbocycles. The number of aliphatic carboxylic acids is 1. The number of carbonyl (C=O) groups excluding carboxylic acids is 3. The van der Waals surface area contributed by atoms with Gasteiger partial charge in [-0.3, -0.25) is 9.59 Å². The predicted molar refractivity (Wildman–Crippen MR) is 122 cm³/mol. The molecule has 162 valence electrons. The Kier molecular flexibility index (Phi) is 17.0. The van der Waals surface area contributed by atoms with Crippen LogP contribution in [0.15, 0.2) is 0 Å². The van der Waals surface area contributed by atoms with E-state index in [1.54, 1.807) is 32.4 Å². The number of carbonyl (C=O) groups is 4. The van der Waals surface area contributed by atoms with Crippen LogP contribution in [0.3, 0.4) is 0 Å². The summed E-state index contributed by atoms with van der Waals surface area (Å²) in [6, 6.07) is -1.37. The highest BCUT2D eigenvalue weighted by Gasteiger charge is 2.19. The first-order valence-electron chi connectivity index (χ1n) is 9.05. The normalized spacial score (nSPS) is 14.0. The van der Waals surface area contributed by atoms with E-state index in [0.717, 1.165) is 37.7 Å². The third-order valence-electron chi connectivity index (χ3n) is 3.38. The minimum atomic E-state index is -1.04. The van der Waals surface area contributed by atoms with Crippen LogP contribution in [0, 0.1) is 0 Å². The summed E-state index contributed by atoms with van der Waals surface area (Å²) in [5, 5.41) is 14.5. The second-order valence-electron chi connectivity index (χ2n) is 6.10. The Balaban J connectivity index is 4.35. The number of nitrogens with one attached hydrogen (secondary N) is 2. The molecule has 0 aromatic carbocycles. The molecule has 0 saturated carbocycles. The van der Waals surface area contributed by atoms with Crippen molar-refractivity contribution in [2.24, 2.45) is 0 Å². The lowest BCUT2D eigenvalue weighted by Crippen LogP contribution is -2.41. The van der Waals surface area contributed by atoms with Gasteiger partial charge in [-0.25, -0.2) is 4.79 Å². The van der Waals surface area contributed by atoms with Gasteiger partial charge in [0.1, 0.15) is 12.3 Å². The van der Waals surface area contributed by atoms with E-state index in [9.17, 15) is 19.2 Å². The van der Waals surface area contributed by atoms with Crippen molar-refractivity contribution < 1.29 is 24.3 Å². The molecule has 0 bridgehead atoms. The molecular formula is C17H30N2O5S4. The molecule has 3 atom stereocenters. The van der Waals surface area contributed by atoms with E-state index in [2.05, 4.69) is 17.6 Å². The van der Waals surface area contributed by atoms with Gasteiger partial charge >= 0.3 is 5.97 Å². The van der Waals surface area contributed by atoms with Crippen LogP contribution >= 0.6 is 43.2 Å². The molecule has 0 heterocycles. The molecule has 2 amide bonds. The van der Waals surface area contributed by atoms with Crippen LogP contribution in [0.1, 0.15) is 46.5 Å². The zero-order valence-electron chi connectivity index (χ0n) is 16.5. The Bertz CT molecular complexity index is 496. The molecule has 28 heavy (non-hydrogen) atoms. The van der Waals surface area contributed by atoms with E-state index in [-0.39, 0.29) is 11.8 Å². The number of hydrogen-bond acceptors (Lipinski definition) is 8. The average Bonchev–Trinajstić information content (AvgIpc) is 2.62. The smallest absolute Gasteiger partial charge is 0.327 e. The minimum absolute atomic E-state index is 0.221. The maximum atomic E-state index is 11.1. The molecular weight excluding hydrogens is 440 g/mol. The average molecular weight is 471 g/mol. The lowest BCUT2D eigenvalue weighted by Gasteiger charge is -2.17. The molecule has 7 nitrogen and oxygen atoms in total. The van der Waals surface area contributed by atoms with Crippen LogP contribution in [0.4, 0.5) is 0 Å². The molecule has 0 aliphatic heterocycles. The molecule has 0 saturated heterocycles. The number of carboxylic acids is 1. The summed E-state index contributed by atoms with van der Waals surface area (Å²) >= 11 is 0. The van der Waals surface area contributed by atoms with Gasteiger partial charge in [-0.1, -0.05) is 69.4 Å². The Hall–Kier alpha value is -0.520. The molecule has 3 N–H and O–H groups in total. The molecule has 0 spiro atoms. The highest BCUT2D eigenvalue weighted by molar-refractivity contribution is 8.78. The summed E-state index contributed by atoms with van der Waals surface area (Å²) in [6.07, 6.45) is 5.20. The summed E-state index contributed by atoms with van der Waals surface area (Å²) < 4.78 is 0. The summed E-state index contributed by atoms with van der Waals surface area (Å²) in [7, 11) is 6.31. The van der Waals surface area contributed by atoms with E-state index in [4.69, 9.17) is 5.11 Å². The predicted octanol–water partition coefficient (Wildman–Crippen LogP) is 2.99. The third kappa shape index (κ3) is 15.4. The van der Waals surface area contributed by atoms with Gasteiger partial charge in [-0.2, -0.15) is 0 Å². The first-order valence-corrected chi connectivity index (χ1v) is 13.9. The van der Waals surface area contributed by atoms with Crippen LogP contribution < -0.4 is 10.6 Å². The SMILES string of the molecule is CCCCCC(CSSCC(NC(C)=O)C(=O)O)SSCC(C=O)NC(C)=O. The summed E-state index contributed by atoms with van der Waals surface area (Å²) in [5.41, 5.74) is 0. The van der Waals surface area contributed by atoms with Crippen molar-refractivity contribution >= 4 is 67.2 Å². The molecule has 0 aromatic heterocycles. The Morgan fingerprint density at radius 2 is 1.61 bits per heavy atom. The Morgan fingerprint density at radius 1 is 0.964 bits per heavy atom. The van der Waals surface area contributed by atoms with Crippen LogP contribution in [0.5, 0.6) is 0 Å². The molecule has 3 unspecified atom stereocenters. The molecule has 0 radical (unpaired) electrons. The summed E-state index contributed by atoms with van der Waals surface area (Å²) in [5.74, 6) is 0.0386. The van der Waals surface area contributed by atoms with Crippen molar-refractivity contribution in [2.75, 3.05) is 17.3 Å². The van der Waals surface area contributed by atoms with Gasteiger partial charge in [0.15, 0.2) is 0 Å². The highest BCUT2D eigenvalue weighted by atomic mass is 33.1. The number of hydrogen-bond donors (Lipinski definition) is 3. The second kappa shape index (κ2) is 17.3. The number of carboxylic acid groups (broad SMARTS) is 1. The molecule has 0 aromatic rings. The number of rotatable bonds is 17. The van der Waals surface area contributed by atoms with Crippen LogP contribution in [0.2, 0.25) is 0 Å². The van der Waals surface area contributed by atoms with E-state index >= 15 is 0 Å². The highest BCUT2D eigenvalue weighted by Crippen LogP contribution is 2.35. The zero-order chi connectivity index (χ0) is 21.4. The fraction of sp³-hybridized carbons (Fsp3) is 0.765. The van der Waals surface area contributed by atoms with Crippen molar-refractivity contribution in [1.29, 1.82) is 0 Å². The van der Waals surface area contributed by atoms with Gasteiger partial charge in [0.25, 0.3) is 0 Å². The van der Waals surface area contributed by atoms with Gasteiger partial charge in [0, 0.05) is 36.4 Å². The quantitative estimate of drug-likeness (QED) is 0.168. The van der Waals surface area contributed by atoms with Crippen LogP contribution in [-0.4, -0.2) is 63.8 Å². The first-order chi connectivity index (χ1) is 13.3. The maximum Gasteiger partial charge on any atom is 0.327 e. The Labute approximate surface area is 182 Å². The fourth-order valence-electron chi connectivity index (χ4n) is 2.03. The Morgan fingerprint density at radius 3 is 2.14 bits per heavy atom. The third-order valence-corrected chi connectivity index (χ3v) is 9.02. The van der Waals surface area contributed by atoms with Gasteiger partial charge in [0.05, 0.1) is 6.04 Å². The van der Waals surface area contributed by atoms with E-state index < -0.39 is 18.1 Å². The van der Waals surface area contributed by atoms with E-state index in [0.29, 0.717) is 16.8 Å². The topological polar surface area (TPSA) is 113 Å². The standard InChI is InChI=1S/C17H30N2O5S4/c1-4-5-6-7-15(28-27-9-14(8-20)18-12(2)21)10-25-26-11-16(17(23)24)19-13(3)22/h8,14-16H,4-7,9-11H2,1-3H3,(H,18,21)(H,19,22)(H,23,24). The number of amides is 2. The molecule has 0 rings (SSSR count). The van der Waals surface area contributed by atoms with Crippen molar-refractivity contribution in [1.82, 2.24) is 10.6 Å². The monoisotopic (exact) mass is 470 g/mol. The number of unbranched alkanes of at least 4 members (excludes halogenated alkanes) is 2. The van der Waals surface area contributed by atoms with Crippen molar-refractivity contribution in [2.45, 2.75) is 63.8 Å². The lowest BCUT2D eigenvalue weighted by atomic mass is 10.2. The molecule has 0 aliphatic rings. The molecule has 0 fully saturated rings. The number of aldehydes is 1. The van der Waals surface area contributed by atoms with Crippen molar-refractivity contribution in [3.8, 4) is 0 Å². The zero-order valence-corrected chi connectivity index (χ0v) is 19.7. The van der Waals surface area contributed by atoms with Gasteiger partial charge in [-0.15, -0.1) is 0 Å². The summed E-state index contributed by atoms with van der Waals surface area (Å²) in [4.78, 5) is 44.3. The van der Waals surface area contributed by atoms with Gasteiger partial charge < -0.3 is 20.5 Å². The fourth-order valence-corrected chi connectivity index (χ4v) is 7.95. The largest absolute Gasteiger partial charge is 0.480 e. The molecule has 11 heteroatoms.